The van der Waals surface area contributed by atoms with Crippen molar-refractivity contribution in [2.24, 2.45) is 5.92 Å². The second-order valence-electron chi connectivity index (χ2n) is 3.79. The Balaban J connectivity index is 0. The van der Waals surface area contributed by atoms with E-state index in [2.05, 4.69) is 6.92 Å². The average Bonchev–Trinajstić information content (AvgIpc) is 2.15. The molecule has 0 aliphatic rings. The summed E-state index contributed by atoms with van der Waals surface area (Å²) in [6.07, 6.45) is 6.45. The Morgan fingerprint density at radius 2 is 1.38 bits per heavy atom. The predicted octanol–water partition coefficient (Wildman–Crippen LogP) is 1.61. The fourth-order valence-electron chi connectivity index (χ4n) is 1.48. The molecule has 2 N–H and O–H groups in total. The molecule has 0 unspecified atom stereocenters. The molecule has 0 amide bonds. The van der Waals surface area contributed by atoms with Crippen LogP contribution in [0, 0.1) is 5.92 Å². The molecule has 0 bridgehead atoms. The molecule has 0 aromatic heterocycles. The fraction of sp³-hybridized carbons (Fsp3) is 0.818. The molecule has 0 saturated heterocycles. The number of carboxylic acid groups (broad SMARTS) is 2. The van der Waals surface area contributed by atoms with Crippen LogP contribution < -0.4 is 0 Å². The molecule has 0 rings (SSSR count). The average molecular weight is 356 g/mol. The first-order chi connectivity index (χ1) is 7.09. The van der Waals surface area contributed by atoms with Gasteiger partial charge in [0.15, 0.2) is 5.92 Å². The van der Waals surface area contributed by atoms with Gasteiger partial charge < -0.3 is 10.2 Å². The standard InChI is InChI=1S/C11H20O4.Ba.2H/c1-2-3-4-5-6-7-8-9(10(12)13)11(14)15;;;/h9H,2-8H2,1H3,(H,12,13)(H,14,15);;;. The summed E-state index contributed by atoms with van der Waals surface area (Å²) in [4.78, 5) is 21.1. The monoisotopic (exact) mass is 356 g/mol. The van der Waals surface area contributed by atoms with Crippen molar-refractivity contribution in [1.82, 2.24) is 0 Å². The Kier molecular flexibility index (Phi) is 14.1. The molecule has 0 radical (unpaired) electrons. The van der Waals surface area contributed by atoms with Gasteiger partial charge in [-0.3, -0.25) is 9.59 Å². The van der Waals surface area contributed by atoms with Crippen LogP contribution in [-0.2, 0) is 9.59 Å². The van der Waals surface area contributed by atoms with Crippen molar-refractivity contribution in [3.63, 3.8) is 0 Å². The molecule has 0 fully saturated rings. The minimum absolute atomic E-state index is 0. The van der Waals surface area contributed by atoms with Gasteiger partial charge in [-0.1, -0.05) is 45.4 Å². The van der Waals surface area contributed by atoms with Crippen molar-refractivity contribution in [3.05, 3.63) is 0 Å². The number of aliphatic carboxylic acids is 2. The zero-order valence-corrected chi connectivity index (χ0v) is 9.24. The van der Waals surface area contributed by atoms with E-state index in [-0.39, 0.29) is 55.3 Å². The van der Waals surface area contributed by atoms with Crippen LogP contribution in [0.4, 0.5) is 0 Å². The van der Waals surface area contributed by atoms with Gasteiger partial charge in [-0.05, 0) is 6.42 Å². The van der Waals surface area contributed by atoms with Crippen molar-refractivity contribution in [1.29, 1.82) is 0 Å². The van der Waals surface area contributed by atoms with E-state index in [0.29, 0.717) is 6.42 Å². The van der Waals surface area contributed by atoms with Crippen LogP contribution in [0.1, 0.15) is 51.9 Å². The van der Waals surface area contributed by atoms with Crippen LogP contribution in [0.5, 0.6) is 0 Å². The maximum absolute atomic E-state index is 10.5. The molecule has 0 aromatic rings. The molecule has 0 spiro atoms. The third kappa shape index (κ3) is 9.72. The Hall–Kier alpha value is 0.511. The summed E-state index contributed by atoms with van der Waals surface area (Å²) in [6.45, 7) is 2.13. The number of carboxylic acids is 2. The third-order valence-corrected chi connectivity index (χ3v) is 2.44. The quantitative estimate of drug-likeness (QED) is 0.374. The predicted molar refractivity (Wildman–Crippen MR) is 65.3 cm³/mol. The molecule has 4 nitrogen and oxygen atoms in total. The van der Waals surface area contributed by atoms with Crippen molar-refractivity contribution in [2.45, 2.75) is 51.9 Å². The normalized spacial score (nSPS) is 9.88. The van der Waals surface area contributed by atoms with Crippen LogP contribution in [0.25, 0.3) is 0 Å². The van der Waals surface area contributed by atoms with E-state index < -0.39 is 17.9 Å². The zero-order chi connectivity index (χ0) is 11.7. The fourth-order valence-corrected chi connectivity index (χ4v) is 1.48. The summed E-state index contributed by atoms with van der Waals surface area (Å²) in [6, 6.07) is 0. The summed E-state index contributed by atoms with van der Waals surface area (Å²) in [5.74, 6) is -3.68. The van der Waals surface area contributed by atoms with Gasteiger partial charge in [0, 0.05) is 0 Å². The number of carbonyl (C=O) groups is 2. The Bertz CT molecular complexity index is 192. The van der Waals surface area contributed by atoms with E-state index in [1.807, 2.05) is 0 Å². The molecular weight excluding hydrogens is 333 g/mol. The van der Waals surface area contributed by atoms with E-state index in [0.717, 1.165) is 19.3 Å². The van der Waals surface area contributed by atoms with E-state index in [9.17, 15) is 9.59 Å². The first-order valence-electron chi connectivity index (χ1n) is 5.55. The van der Waals surface area contributed by atoms with Crippen molar-refractivity contribution < 1.29 is 19.8 Å². The summed E-state index contributed by atoms with van der Waals surface area (Å²) in [7, 11) is 0. The van der Waals surface area contributed by atoms with Gasteiger partial charge in [0.1, 0.15) is 0 Å². The molecule has 0 heterocycles. The van der Waals surface area contributed by atoms with Crippen LogP contribution in [0.15, 0.2) is 0 Å². The summed E-state index contributed by atoms with van der Waals surface area (Å²) < 4.78 is 0. The number of hydrogen-bond donors (Lipinski definition) is 2. The van der Waals surface area contributed by atoms with Crippen LogP contribution in [0.2, 0.25) is 0 Å². The summed E-state index contributed by atoms with van der Waals surface area (Å²) in [5, 5.41) is 17.2. The van der Waals surface area contributed by atoms with Gasteiger partial charge in [0.05, 0.1) is 0 Å². The zero-order valence-electron chi connectivity index (χ0n) is 9.24. The number of unbranched alkanes of at least 4 members (excludes halogenated alkanes) is 5. The number of rotatable bonds is 9. The maximum atomic E-state index is 10.5. The van der Waals surface area contributed by atoms with E-state index >= 15 is 0 Å². The second kappa shape index (κ2) is 12.0. The van der Waals surface area contributed by atoms with Gasteiger partial charge in [-0.2, -0.15) is 0 Å². The molecule has 92 valence electrons. The summed E-state index contributed by atoms with van der Waals surface area (Å²) in [5.41, 5.74) is 0. The van der Waals surface area contributed by atoms with Crippen LogP contribution in [-0.4, -0.2) is 71.0 Å². The first-order valence-corrected chi connectivity index (χ1v) is 5.55. The summed E-state index contributed by atoms with van der Waals surface area (Å²) >= 11 is 0. The van der Waals surface area contributed by atoms with Gasteiger partial charge in [-0.15, -0.1) is 0 Å². The molecule has 0 aliphatic heterocycles. The van der Waals surface area contributed by atoms with Gasteiger partial charge >= 0.3 is 60.8 Å². The first kappa shape index (κ1) is 18.9. The Morgan fingerprint density at radius 1 is 0.938 bits per heavy atom. The Morgan fingerprint density at radius 3 is 1.81 bits per heavy atom. The van der Waals surface area contributed by atoms with Crippen molar-refractivity contribution in [3.8, 4) is 0 Å². The molecular formula is C11H22BaO4. The van der Waals surface area contributed by atoms with E-state index in [1.165, 1.54) is 12.8 Å². The molecule has 0 saturated carbocycles. The molecule has 0 aromatic carbocycles. The number of hydrogen-bond acceptors (Lipinski definition) is 2. The van der Waals surface area contributed by atoms with Gasteiger partial charge in [0.25, 0.3) is 0 Å². The molecule has 5 heteroatoms. The van der Waals surface area contributed by atoms with Crippen molar-refractivity contribution >= 4 is 60.8 Å². The Labute approximate surface area is 137 Å². The van der Waals surface area contributed by atoms with Crippen LogP contribution in [0.3, 0.4) is 0 Å². The third-order valence-electron chi connectivity index (χ3n) is 2.44. The second-order valence-corrected chi connectivity index (χ2v) is 3.79. The molecule has 16 heavy (non-hydrogen) atoms. The minimum atomic E-state index is -1.23. The van der Waals surface area contributed by atoms with E-state index in [4.69, 9.17) is 10.2 Å². The topological polar surface area (TPSA) is 74.6 Å². The van der Waals surface area contributed by atoms with Gasteiger partial charge in [-0.25, -0.2) is 0 Å². The van der Waals surface area contributed by atoms with Crippen molar-refractivity contribution in [2.75, 3.05) is 0 Å². The van der Waals surface area contributed by atoms with Crippen LogP contribution >= 0.6 is 0 Å². The molecule has 0 atom stereocenters. The van der Waals surface area contributed by atoms with Gasteiger partial charge in [0.2, 0.25) is 0 Å². The van der Waals surface area contributed by atoms with E-state index in [1.54, 1.807) is 0 Å². The molecule has 0 aliphatic carbocycles. The SMILES string of the molecule is CCCCCCCCC(C(=O)O)C(=O)O.[BaH2].